The number of nitrogens with one attached hydrogen (secondary N) is 3. The molecule has 258 valence electrons. The number of alkyl carbamates (subject to hydrolysis) is 1. The van der Waals surface area contributed by atoms with Crippen molar-refractivity contribution in [2.24, 2.45) is 0 Å². The van der Waals surface area contributed by atoms with E-state index in [4.69, 9.17) is 27.9 Å². The van der Waals surface area contributed by atoms with E-state index in [1.165, 1.54) is 6.92 Å². The molecule has 19 heteroatoms. The molecule has 0 unspecified atom stereocenters. The van der Waals surface area contributed by atoms with Crippen molar-refractivity contribution in [3.8, 4) is 0 Å². The van der Waals surface area contributed by atoms with Crippen LogP contribution in [0.2, 0.25) is 0 Å². The highest BCUT2D eigenvalue weighted by molar-refractivity contribution is 7.72. The first-order valence-electron chi connectivity index (χ1n) is 14.0. The standard InChI is InChI=1S/C26H44Cl2N4O11P2/c1-18(22(33)29-14-6-5-11-26(36,44(37,38)39)45(40,41)42)30-23(34)21(31-24(35)43-25(2,3)4)17-19-7-9-20(10-8-19)32(15-12-27)16-13-28/h7-10,18,21,36H,5-6,11-17H2,1-4H3,(H,29,33)(H,30,34)(H,31,35)(H2,37,38,39)(H2,40,41,42)/t18-,21-/m0/s1. The number of hydrogen-bond donors (Lipinski definition) is 8. The van der Waals surface area contributed by atoms with Crippen LogP contribution in [0.5, 0.6) is 0 Å². The Hall–Kier alpha value is -1.93. The lowest BCUT2D eigenvalue weighted by Gasteiger charge is -2.29. The number of unbranched alkanes of at least 4 members (excludes halogenated alkanes) is 1. The maximum atomic E-state index is 13.2. The third-order valence-corrected chi connectivity index (χ3v) is 10.6. The smallest absolute Gasteiger partial charge is 0.408 e. The van der Waals surface area contributed by atoms with Crippen LogP contribution in [0.25, 0.3) is 0 Å². The van der Waals surface area contributed by atoms with Gasteiger partial charge in [-0.3, -0.25) is 18.7 Å². The number of ether oxygens (including phenoxy) is 1. The Kier molecular flexibility index (Phi) is 16.3. The monoisotopic (exact) mass is 720 g/mol. The molecule has 0 aromatic heterocycles. The summed E-state index contributed by atoms with van der Waals surface area (Å²) in [5.41, 5.74) is 0.745. The van der Waals surface area contributed by atoms with E-state index < -0.39 is 62.3 Å². The number of carbonyl (C=O) groups excluding carboxylic acids is 3. The summed E-state index contributed by atoms with van der Waals surface area (Å²) in [7, 11) is -11.1. The van der Waals surface area contributed by atoms with Gasteiger partial charge in [0.1, 0.15) is 17.7 Å². The van der Waals surface area contributed by atoms with E-state index in [0.717, 1.165) is 5.69 Å². The van der Waals surface area contributed by atoms with E-state index in [2.05, 4.69) is 16.0 Å². The van der Waals surface area contributed by atoms with Crippen LogP contribution in [0.1, 0.15) is 52.5 Å². The van der Waals surface area contributed by atoms with Crippen LogP contribution in [-0.2, 0) is 29.9 Å². The van der Waals surface area contributed by atoms with Gasteiger partial charge in [0.05, 0.1) is 0 Å². The summed E-state index contributed by atoms with van der Waals surface area (Å²) in [6.07, 6.45) is -1.94. The first-order chi connectivity index (χ1) is 20.6. The van der Waals surface area contributed by atoms with Gasteiger partial charge in [-0.15, -0.1) is 23.2 Å². The fourth-order valence-corrected chi connectivity index (χ4v) is 6.67. The normalized spacial score (nSPS) is 13.8. The van der Waals surface area contributed by atoms with Crippen LogP contribution in [0.3, 0.4) is 0 Å². The van der Waals surface area contributed by atoms with Crippen molar-refractivity contribution in [3.05, 3.63) is 29.8 Å². The zero-order valence-corrected chi connectivity index (χ0v) is 28.9. The number of aliphatic hydroxyl groups is 1. The van der Waals surface area contributed by atoms with E-state index >= 15 is 0 Å². The van der Waals surface area contributed by atoms with E-state index in [0.29, 0.717) is 30.4 Å². The molecule has 0 spiro atoms. The topological polar surface area (TPSA) is 235 Å². The van der Waals surface area contributed by atoms with Gasteiger partial charge in [-0.25, -0.2) is 4.79 Å². The SMILES string of the molecule is C[C@H](NC(=O)[C@H](Cc1ccc(N(CCCl)CCCl)cc1)NC(=O)OC(C)(C)C)C(=O)NCCCCC(O)(P(=O)(O)O)P(=O)(O)O. The lowest BCUT2D eigenvalue weighted by molar-refractivity contribution is -0.129. The molecule has 0 saturated heterocycles. The van der Waals surface area contributed by atoms with Gasteiger partial charge in [-0.05, 0) is 64.7 Å². The molecule has 0 bridgehead atoms. The maximum absolute atomic E-state index is 13.2. The predicted octanol–water partition coefficient (Wildman–Crippen LogP) is 2.20. The molecule has 0 aliphatic rings. The minimum atomic E-state index is -5.57. The van der Waals surface area contributed by atoms with Gasteiger partial charge in [0, 0.05) is 43.5 Å². The van der Waals surface area contributed by atoms with Crippen molar-refractivity contribution in [1.82, 2.24) is 16.0 Å². The van der Waals surface area contributed by atoms with E-state index in [1.807, 2.05) is 17.0 Å². The summed E-state index contributed by atoms with van der Waals surface area (Å²) in [6.45, 7) is 7.48. The average Bonchev–Trinajstić information content (AvgIpc) is 2.90. The summed E-state index contributed by atoms with van der Waals surface area (Å²) in [4.78, 5) is 77.2. The summed E-state index contributed by atoms with van der Waals surface area (Å²) in [6, 6.07) is 5.06. The van der Waals surface area contributed by atoms with E-state index in [1.54, 1.807) is 32.9 Å². The third kappa shape index (κ3) is 13.8. The molecule has 3 amide bonds. The molecule has 0 saturated carbocycles. The van der Waals surface area contributed by atoms with Crippen LogP contribution >= 0.6 is 38.4 Å². The number of anilines is 1. The van der Waals surface area contributed by atoms with Crippen LogP contribution in [0, 0.1) is 0 Å². The van der Waals surface area contributed by atoms with Gasteiger partial charge in [0.15, 0.2) is 0 Å². The molecule has 0 heterocycles. The summed E-state index contributed by atoms with van der Waals surface area (Å²) >= 11 is 11.8. The number of nitrogens with zero attached hydrogens (tertiary/aromatic N) is 1. The molecular weight excluding hydrogens is 677 g/mol. The van der Waals surface area contributed by atoms with Gasteiger partial charge in [-0.1, -0.05) is 12.1 Å². The minimum Gasteiger partial charge on any atom is -0.444 e. The van der Waals surface area contributed by atoms with Crippen molar-refractivity contribution in [2.75, 3.05) is 36.3 Å². The van der Waals surface area contributed by atoms with Crippen LogP contribution in [0.4, 0.5) is 10.5 Å². The molecule has 0 fully saturated rings. The number of hydrogen-bond acceptors (Lipinski definition) is 8. The first kappa shape index (κ1) is 41.1. The number of amides is 3. The molecule has 45 heavy (non-hydrogen) atoms. The second-order valence-corrected chi connectivity index (χ2v) is 16.0. The highest BCUT2D eigenvalue weighted by Gasteiger charge is 2.58. The number of carbonyl (C=O) groups is 3. The van der Waals surface area contributed by atoms with Crippen molar-refractivity contribution in [1.29, 1.82) is 0 Å². The molecule has 8 N–H and O–H groups in total. The van der Waals surface area contributed by atoms with Crippen LogP contribution < -0.4 is 20.9 Å². The highest BCUT2D eigenvalue weighted by atomic mass is 35.5. The Balaban J connectivity index is 2.88. The number of benzene rings is 1. The minimum absolute atomic E-state index is 0.000744. The summed E-state index contributed by atoms with van der Waals surface area (Å²) in [5.74, 6) is -0.499. The fraction of sp³-hybridized carbons (Fsp3) is 0.654. The van der Waals surface area contributed by atoms with Gasteiger partial charge >= 0.3 is 21.3 Å². The predicted molar refractivity (Wildman–Crippen MR) is 170 cm³/mol. The maximum Gasteiger partial charge on any atom is 0.408 e. The Morgan fingerprint density at radius 2 is 1.44 bits per heavy atom. The van der Waals surface area contributed by atoms with Crippen molar-refractivity contribution in [3.63, 3.8) is 0 Å². The molecule has 15 nitrogen and oxygen atoms in total. The van der Waals surface area contributed by atoms with Gasteiger partial charge in [-0.2, -0.15) is 0 Å². The van der Waals surface area contributed by atoms with Gasteiger partial charge in [0.2, 0.25) is 11.8 Å². The summed E-state index contributed by atoms with van der Waals surface area (Å²) < 4.78 is 28.2. The summed E-state index contributed by atoms with van der Waals surface area (Å²) in [5, 5.41) is 14.0. The van der Waals surface area contributed by atoms with Crippen LogP contribution in [-0.4, -0.2) is 96.8 Å². The Morgan fingerprint density at radius 3 is 1.91 bits per heavy atom. The molecule has 1 aromatic rings. The molecule has 1 rings (SSSR count). The van der Waals surface area contributed by atoms with Gasteiger partial charge in [0.25, 0.3) is 5.08 Å². The van der Waals surface area contributed by atoms with Gasteiger partial charge < -0.3 is 50.3 Å². The van der Waals surface area contributed by atoms with E-state index in [9.17, 15) is 48.2 Å². The lowest BCUT2D eigenvalue weighted by atomic mass is 10.0. The van der Waals surface area contributed by atoms with Crippen LogP contribution in [0.15, 0.2) is 24.3 Å². The second kappa shape index (κ2) is 17.8. The zero-order chi connectivity index (χ0) is 34.6. The molecule has 0 aliphatic heterocycles. The van der Waals surface area contributed by atoms with E-state index in [-0.39, 0.29) is 25.8 Å². The molecule has 0 aliphatic carbocycles. The molecule has 1 aromatic carbocycles. The lowest BCUT2D eigenvalue weighted by Crippen LogP contribution is -2.54. The molecular formula is C26H44Cl2N4O11P2. The molecule has 2 atom stereocenters. The third-order valence-electron chi connectivity index (χ3n) is 6.38. The fourth-order valence-electron chi connectivity index (χ4n) is 4.00. The Bertz CT molecular complexity index is 1190. The number of rotatable bonds is 18. The first-order valence-corrected chi connectivity index (χ1v) is 18.3. The number of halogens is 2. The number of alkyl halides is 2. The molecule has 0 radical (unpaired) electrons. The average molecular weight is 722 g/mol. The van der Waals surface area contributed by atoms with Crippen molar-refractivity contribution >= 4 is 62.0 Å². The highest BCUT2D eigenvalue weighted by Crippen LogP contribution is 2.69. The Labute approximate surface area is 272 Å². The van der Waals surface area contributed by atoms with Crippen molar-refractivity contribution < 1.29 is 52.9 Å². The second-order valence-electron chi connectivity index (χ2n) is 11.3. The quantitative estimate of drug-likeness (QED) is 0.0619. The largest absolute Gasteiger partial charge is 0.444 e. The zero-order valence-electron chi connectivity index (χ0n) is 25.6. The Morgan fingerprint density at radius 1 is 0.911 bits per heavy atom. The van der Waals surface area contributed by atoms with Crippen molar-refractivity contribution in [2.45, 2.75) is 76.1 Å².